The zero-order chi connectivity index (χ0) is 15.2. The summed E-state index contributed by atoms with van der Waals surface area (Å²) >= 11 is 1.57. The first-order chi connectivity index (χ1) is 10.1. The summed E-state index contributed by atoms with van der Waals surface area (Å²) in [6.45, 7) is 3.91. The summed E-state index contributed by atoms with van der Waals surface area (Å²) < 4.78 is 6.19. The summed E-state index contributed by atoms with van der Waals surface area (Å²) in [7, 11) is 0. The van der Waals surface area contributed by atoms with Gasteiger partial charge in [-0.25, -0.2) is 4.98 Å². The lowest BCUT2D eigenvalue weighted by Gasteiger charge is -2.12. The molecule has 1 atom stereocenters. The number of rotatable bonds is 6. The Labute approximate surface area is 127 Å². The number of nitrogens with zero attached hydrogens (tertiary/aromatic N) is 1. The minimum absolute atomic E-state index is 0.226. The Kier molecular flexibility index (Phi) is 5.27. The molecule has 0 spiro atoms. The van der Waals surface area contributed by atoms with E-state index in [0.717, 1.165) is 15.2 Å². The van der Waals surface area contributed by atoms with Crippen molar-refractivity contribution in [3.63, 3.8) is 0 Å². The van der Waals surface area contributed by atoms with Crippen molar-refractivity contribution in [2.45, 2.75) is 32.8 Å². The van der Waals surface area contributed by atoms with Crippen LogP contribution in [0.3, 0.4) is 0 Å². The topological polar surface area (TPSA) is 68.3 Å². The standard InChI is InChI=1S/C15H18N2O3S/c1-3-16-15(19)10(2)20-14(18)9-8-13-17-11-6-4-5-7-12(11)21-13/h4-7,10H,3,8-9H2,1-2H3,(H,16,19)/t10-/m1/s1. The molecule has 0 fully saturated rings. The van der Waals surface area contributed by atoms with Gasteiger partial charge in [-0.3, -0.25) is 9.59 Å². The van der Waals surface area contributed by atoms with E-state index < -0.39 is 6.10 Å². The van der Waals surface area contributed by atoms with Crippen molar-refractivity contribution in [2.24, 2.45) is 0 Å². The van der Waals surface area contributed by atoms with Crippen molar-refractivity contribution in [1.82, 2.24) is 10.3 Å². The molecule has 1 N–H and O–H groups in total. The molecular weight excluding hydrogens is 288 g/mol. The fourth-order valence-electron chi connectivity index (χ4n) is 1.86. The summed E-state index contributed by atoms with van der Waals surface area (Å²) in [5, 5.41) is 3.52. The molecule has 1 heterocycles. The van der Waals surface area contributed by atoms with Gasteiger partial charge in [0.05, 0.1) is 21.6 Å². The van der Waals surface area contributed by atoms with Crippen LogP contribution in [0.25, 0.3) is 10.2 Å². The van der Waals surface area contributed by atoms with Gasteiger partial charge in [0.2, 0.25) is 0 Å². The smallest absolute Gasteiger partial charge is 0.306 e. The molecule has 112 valence electrons. The number of esters is 1. The fourth-order valence-corrected chi connectivity index (χ4v) is 2.83. The third-order valence-corrected chi connectivity index (χ3v) is 4.01. The highest BCUT2D eigenvalue weighted by atomic mass is 32.1. The molecule has 0 bridgehead atoms. The van der Waals surface area contributed by atoms with Gasteiger partial charge in [0.1, 0.15) is 0 Å². The van der Waals surface area contributed by atoms with Crippen molar-refractivity contribution in [3.8, 4) is 0 Å². The molecule has 2 aromatic rings. The van der Waals surface area contributed by atoms with Crippen LogP contribution in [0.5, 0.6) is 0 Å². The van der Waals surface area contributed by atoms with Crippen LogP contribution < -0.4 is 5.32 Å². The first-order valence-corrected chi connectivity index (χ1v) is 7.73. The van der Waals surface area contributed by atoms with E-state index in [4.69, 9.17) is 4.74 Å². The van der Waals surface area contributed by atoms with Gasteiger partial charge < -0.3 is 10.1 Å². The predicted molar refractivity (Wildman–Crippen MR) is 82.2 cm³/mol. The van der Waals surface area contributed by atoms with Crippen LogP contribution in [0.1, 0.15) is 25.3 Å². The van der Waals surface area contributed by atoms with E-state index in [-0.39, 0.29) is 18.3 Å². The maximum absolute atomic E-state index is 11.7. The fraction of sp³-hybridized carbons (Fsp3) is 0.400. The van der Waals surface area contributed by atoms with E-state index in [2.05, 4.69) is 10.3 Å². The number of amides is 1. The summed E-state index contributed by atoms with van der Waals surface area (Å²) in [5.41, 5.74) is 0.946. The lowest BCUT2D eigenvalue weighted by atomic mass is 10.3. The molecule has 0 aliphatic rings. The van der Waals surface area contributed by atoms with Gasteiger partial charge in [-0.05, 0) is 26.0 Å². The number of nitrogens with one attached hydrogen (secondary N) is 1. The van der Waals surface area contributed by atoms with E-state index in [1.54, 1.807) is 18.3 Å². The van der Waals surface area contributed by atoms with Gasteiger partial charge in [-0.15, -0.1) is 11.3 Å². The number of carbonyl (C=O) groups excluding carboxylic acids is 2. The van der Waals surface area contributed by atoms with Crippen molar-refractivity contribution in [1.29, 1.82) is 0 Å². The molecule has 0 saturated carbocycles. The Morgan fingerprint density at radius 1 is 1.38 bits per heavy atom. The van der Waals surface area contributed by atoms with Crippen LogP contribution >= 0.6 is 11.3 Å². The molecule has 0 unspecified atom stereocenters. The number of aromatic nitrogens is 1. The van der Waals surface area contributed by atoms with Crippen molar-refractivity contribution in [3.05, 3.63) is 29.3 Å². The number of ether oxygens (including phenoxy) is 1. The largest absolute Gasteiger partial charge is 0.453 e. The van der Waals surface area contributed by atoms with Gasteiger partial charge in [-0.2, -0.15) is 0 Å². The van der Waals surface area contributed by atoms with Crippen LogP contribution in [0.2, 0.25) is 0 Å². The van der Waals surface area contributed by atoms with Crippen molar-refractivity contribution < 1.29 is 14.3 Å². The van der Waals surface area contributed by atoms with Gasteiger partial charge in [0.25, 0.3) is 5.91 Å². The normalized spacial score (nSPS) is 12.1. The molecular formula is C15H18N2O3S. The lowest BCUT2D eigenvalue weighted by molar-refractivity contribution is -0.154. The Bertz CT molecular complexity index is 606. The van der Waals surface area contributed by atoms with Gasteiger partial charge in [0, 0.05) is 13.0 Å². The molecule has 0 saturated heterocycles. The summed E-state index contributed by atoms with van der Waals surface area (Å²) in [6, 6.07) is 7.86. The second kappa shape index (κ2) is 7.17. The SMILES string of the molecule is CCNC(=O)[C@@H](C)OC(=O)CCc1nc2ccccc2s1. The van der Waals surface area contributed by atoms with Gasteiger partial charge in [0.15, 0.2) is 6.10 Å². The number of para-hydroxylation sites is 1. The molecule has 0 aliphatic heterocycles. The van der Waals surface area contributed by atoms with E-state index in [1.807, 2.05) is 31.2 Å². The number of benzene rings is 1. The maximum atomic E-state index is 11.7. The van der Waals surface area contributed by atoms with Gasteiger partial charge >= 0.3 is 5.97 Å². The number of hydrogen-bond donors (Lipinski definition) is 1. The molecule has 5 nitrogen and oxygen atoms in total. The van der Waals surface area contributed by atoms with Crippen LogP contribution in [-0.4, -0.2) is 29.5 Å². The van der Waals surface area contributed by atoms with E-state index >= 15 is 0 Å². The Balaban J connectivity index is 1.84. The minimum atomic E-state index is -0.757. The number of hydrogen-bond acceptors (Lipinski definition) is 5. The Morgan fingerprint density at radius 3 is 2.86 bits per heavy atom. The van der Waals surface area contributed by atoms with Crippen LogP contribution in [0.4, 0.5) is 0 Å². The Hall–Kier alpha value is -1.95. The molecule has 0 aliphatic carbocycles. The van der Waals surface area contributed by atoms with E-state index in [0.29, 0.717) is 13.0 Å². The average molecular weight is 306 g/mol. The molecule has 0 radical (unpaired) electrons. The monoisotopic (exact) mass is 306 g/mol. The van der Waals surface area contributed by atoms with Crippen molar-refractivity contribution >= 4 is 33.4 Å². The van der Waals surface area contributed by atoms with Crippen LogP contribution in [0.15, 0.2) is 24.3 Å². The summed E-state index contributed by atoms with van der Waals surface area (Å²) in [6.07, 6.45) is -0.00282. The highest BCUT2D eigenvalue weighted by molar-refractivity contribution is 7.18. The summed E-state index contributed by atoms with van der Waals surface area (Å²) in [4.78, 5) is 27.7. The lowest BCUT2D eigenvalue weighted by Crippen LogP contribution is -2.35. The van der Waals surface area contributed by atoms with Crippen molar-refractivity contribution in [2.75, 3.05) is 6.54 Å². The molecule has 21 heavy (non-hydrogen) atoms. The molecule has 6 heteroatoms. The first kappa shape index (κ1) is 15.4. The minimum Gasteiger partial charge on any atom is -0.453 e. The highest BCUT2D eigenvalue weighted by Crippen LogP contribution is 2.22. The molecule has 2 rings (SSSR count). The number of likely N-dealkylation sites (N-methyl/N-ethyl adjacent to an activating group) is 1. The number of carbonyl (C=O) groups is 2. The second-order valence-electron chi connectivity index (χ2n) is 4.60. The average Bonchev–Trinajstić information content (AvgIpc) is 2.88. The number of thiazole rings is 1. The predicted octanol–water partition coefficient (Wildman–Crippen LogP) is 2.30. The van der Waals surface area contributed by atoms with Crippen LogP contribution in [-0.2, 0) is 20.7 Å². The van der Waals surface area contributed by atoms with E-state index in [1.165, 1.54) is 0 Å². The third kappa shape index (κ3) is 4.26. The maximum Gasteiger partial charge on any atom is 0.306 e. The number of aryl methyl sites for hydroxylation is 1. The quantitative estimate of drug-likeness (QED) is 0.832. The first-order valence-electron chi connectivity index (χ1n) is 6.91. The van der Waals surface area contributed by atoms with E-state index in [9.17, 15) is 9.59 Å². The second-order valence-corrected chi connectivity index (χ2v) is 5.72. The Morgan fingerprint density at radius 2 is 2.14 bits per heavy atom. The molecule has 1 amide bonds. The number of fused-ring (bicyclic) bond motifs is 1. The highest BCUT2D eigenvalue weighted by Gasteiger charge is 2.17. The molecule has 1 aromatic carbocycles. The third-order valence-electron chi connectivity index (χ3n) is 2.91. The van der Waals surface area contributed by atoms with Gasteiger partial charge in [-0.1, -0.05) is 12.1 Å². The zero-order valence-electron chi connectivity index (χ0n) is 12.1. The van der Waals surface area contributed by atoms with Crippen LogP contribution in [0, 0.1) is 0 Å². The molecule has 1 aromatic heterocycles. The summed E-state index contributed by atoms with van der Waals surface area (Å²) in [5.74, 6) is -0.654. The zero-order valence-corrected chi connectivity index (χ0v) is 12.9.